The van der Waals surface area contributed by atoms with E-state index in [2.05, 4.69) is 44.2 Å². The Hall–Kier alpha value is -2.77. The Labute approximate surface area is 167 Å². The lowest BCUT2D eigenvalue weighted by atomic mass is 9.79. The van der Waals surface area contributed by atoms with Crippen LogP contribution in [-0.4, -0.2) is 23.0 Å². The van der Waals surface area contributed by atoms with E-state index in [-0.39, 0.29) is 23.0 Å². The molecule has 0 saturated carbocycles. The van der Waals surface area contributed by atoms with Gasteiger partial charge >= 0.3 is 0 Å². The largest absolute Gasteiger partial charge is 0.456 e. The Bertz CT molecular complexity index is 876. The van der Waals surface area contributed by atoms with Crippen molar-refractivity contribution in [1.29, 1.82) is 0 Å². The SMILES string of the molecule is C#Cc1ccccc1Oc1ccc(C(=O)NC2CC(C)(C)NC(C)(C)C2)cc1. The molecule has 1 saturated heterocycles. The number of ether oxygens (including phenoxy) is 1. The van der Waals surface area contributed by atoms with E-state index in [4.69, 9.17) is 11.2 Å². The fraction of sp³-hybridized carbons (Fsp3) is 0.375. The van der Waals surface area contributed by atoms with Crippen molar-refractivity contribution in [1.82, 2.24) is 10.6 Å². The zero-order valence-electron chi connectivity index (χ0n) is 17.0. The second-order valence-corrected chi connectivity index (χ2v) is 8.74. The molecule has 146 valence electrons. The van der Waals surface area contributed by atoms with E-state index in [9.17, 15) is 4.79 Å². The van der Waals surface area contributed by atoms with Gasteiger partial charge in [0.1, 0.15) is 11.5 Å². The fourth-order valence-corrected chi connectivity index (χ4v) is 4.17. The Kier molecular flexibility index (Phi) is 5.49. The van der Waals surface area contributed by atoms with Gasteiger partial charge in [0.25, 0.3) is 5.91 Å². The van der Waals surface area contributed by atoms with Gasteiger partial charge < -0.3 is 15.4 Å². The van der Waals surface area contributed by atoms with Crippen molar-refractivity contribution in [3.8, 4) is 23.8 Å². The second-order valence-electron chi connectivity index (χ2n) is 8.74. The highest BCUT2D eigenvalue weighted by Gasteiger charge is 2.38. The molecule has 0 aromatic heterocycles. The molecule has 4 nitrogen and oxygen atoms in total. The number of benzene rings is 2. The number of nitrogens with one attached hydrogen (secondary N) is 2. The smallest absolute Gasteiger partial charge is 0.251 e. The lowest BCUT2D eigenvalue weighted by Gasteiger charge is -2.46. The van der Waals surface area contributed by atoms with Gasteiger partial charge in [-0.3, -0.25) is 4.79 Å². The van der Waals surface area contributed by atoms with Gasteiger partial charge in [0.05, 0.1) is 5.56 Å². The molecule has 0 bridgehead atoms. The molecule has 0 spiro atoms. The lowest BCUT2D eigenvalue weighted by molar-refractivity contribution is 0.0873. The van der Waals surface area contributed by atoms with E-state index >= 15 is 0 Å². The van der Waals surface area contributed by atoms with Gasteiger partial charge in [-0.1, -0.05) is 18.1 Å². The molecular formula is C24H28N2O2. The van der Waals surface area contributed by atoms with Crippen molar-refractivity contribution in [2.24, 2.45) is 0 Å². The quantitative estimate of drug-likeness (QED) is 0.773. The monoisotopic (exact) mass is 376 g/mol. The van der Waals surface area contributed by atoms with Crippen LogP contribution < -0.4 is 15.4 Å². The predicted molar refractivity (Wildman–Crippen MR) is 113 cm³/mol. The molecule has 2 aromatic carbocycles. The standard InChI is InChI=1S/C24H28N2O2/c1-6-17-9-7-8-10-21(17)28-20-13-11-18(12-14-20)22(27)25-19-15-23(2,3)26-24(4,5)16-19/h1,7-14,19,26H,15-16H2,2-5H3,(H,25,27). The predicted octanol–water partition coefficient (Wildman–Crippen LogP) is 4.50. The number of para-hydroxylation sites is 1. The van der Waals surface area contributed by atoms with Crippen molar-refractivity contribution in [2.75, 3.05) is 0 Å². The maximum Gasteiger partial charge on any atom is 0.251 e. The number of hydrogen-bond acceptors (Lipinski definition) is 3. The highest BCUT2D eigenvalue weighted by atomic mass is 16.5. The van der Waals surface area contributed by atoms with Crippen LogP contribution >= 0.6 is 0 Å². The van der Waals surface area contributed by atoms with Crippen LogP contribution in [0.3, 0.4) is 0 Å². The van der Waals surface area contributed by atoms with Crippen LogP contribution in [0.2, 0.25) is 0 Å². The van der Waals surface area contributed by atoms with Gasteiger partial charge in [-0.25, -0.2) is 0 Å². The third-order valence-electron chi connectivity index (χ3n) is 4.91. The molecule has 2 aromatic rings. The fourth-order valence-electron chi connectivity index (χ4n) is 4.17. The molecule has 0 radical (unpaired) electrons. The zero-order valence-corrected chi connectivity index (χ0v) is 17.0. The molecular weight excluding hydrogens is 348 g/mol. The van der Waals surface area contributed by atoms with E-state index in [0.717, 1.165) is 12.8 Å². The van der Waals surface area contributed by atoms with Gasteiger partial charge in [-0.2, -0.15) is 0 Å². The first-order chi connectivity index (χ1) is 13.2. The minimum absolute atomic E-state index is 0.0121. The topological polar surface area (TPSA) is 50.4 Å². The molecule has 2 N–H and O–H groups in total. The molecule has 0 unspecified atom stereocenters. The van der Waals surface area contributed by atoms with E-state index < -0.39 is 0 Å². The van der Waals surface area contributed by atoms with Crippen LogP contribution in [0.5, 0.6) is 11.5 Å². The number of carbonyl (C=O) groups excluding carboxylic acids is 1. The van der Waals surface area contributed by atoms with Crippen LogP contribution in [0, 0.1) is 12.3 Å². The molecule has 1 aliphatic rings. The molecule has 1 aliphatic heterocycles. The lowest BCUT2D eigenvalue weighted by Crippen LogP contribution is -2.62. The summed E-state index contributed by atoms with van der Waals surface area (Å²) >= 11 is 0. The van der Waals surface area contributed by atoms with Gasteiger partial charge in [-0.15, -0.1) is 6.42 Å². The van der Waals surface area contributed by atoms with Crippen LogP contribution in [0.15, 0.2) is 48.5 Å². The average molecular weight is 377 g/mol. The third kappa shape index (κ3) is 4.94. The van der Waals surface area contributed by atoms with E-state index in [1.165, 1.54) is 0 Å². The number of rotatable bonds is 4. The Morgan fingerprint density at radius 1 is 1.07 bits per heavy atom. The summed E-state index contributed by atoms with van der Waals surface area (Å²) in [5.74, 6) is 3.82. The number of piperidine rings is 1. The summed E-state index contributed by atoms with van der Waals surface area (Å²) in [4.78, 5) is 12.7. The van der Waals surface area contributed by atoms with Gasteiger partial charge in [-0.05, 0) is 76.9 Å². The van der Waals surface area contributed by atoms with Crippen molar-refractivity contribution in [3.63, 3.8) is 0 Å². The number of amides is 1. The van der Waals surface area contributed by atoms with E-state index in [0.29, 0.717) is 22.6 Å². The maximum absolute atomic E-state index is 12.7. The van der Waals surface area contributed by atoms with Gasteiger partial charge in [0, 0.05) is 22.7 Å². The minimum Gasteiger partial charge on any atom is -0.456 e. The molecule has 3 rings (SSSR count). The highest BCUT2D eigenvalue weighted by Crippen LogP contribution is 2.29. The van der Waals surface area contributed by atoms with Crippen molar-refractivity contribution in [2.45, 2.75) is 57.7 Å². The molecule has 0 atom stereocenters. The van der Waals surface area contributed by atoms with Crippen molar-refractivity contribution < 1.29 is 9.53 Å². The van der Waals surface area contributed by atoms with Crippen LogP contribution in [0.25, 0.3) is 0 Å². The first kappa shape index (κ1) is 20.0. The van der Waals surface area contributed by atoms with Crippen molar-refractivity contribution >= 4 is 5.91 Å². The normalized spacial score (nSPS) is 18.1. The molecule has 28 heavy (non-hydrogen) atoms. The second kappa shape index (κ2) is 7.69. The highest BCUT2D eigenvalue weighted by molar-refractivity contribution is 5.94. The Balaban J connectivity index is 1.66. The van der Waals surface area contributed by atoms with E-state index in [1.807, 2.05) is 24.3 Å². The van der Waals surface area contributed by atoms with Crippen molar-refractivity contribution in [3.05, 3.63) is 59.7 Å². The summed E-state index contributed by atoms with van der Waals surface area (Å²) in [5.41, 5.74) is 1.29. The molecule has 0 aliphatic carbocycles. The minimum atomic E-state index is -0.0610. The number of carbonyl (C=O) groups is 1. The van der Waals surface area contributed by atoms with Crippen LogP contribution in [0.1, 0.15) is 56.5 Å². The maximum atomic E-state index is 12.7. The molecule has 1 amide bonds. The molecule has 1 heterocycles. The summed E-state index contributed by atoms with van der Waals surface area (Å²) in [6, 6.07) is 14.7. The van der Waals surface area contributed by atoms with Crippen LogP contribution in [0.4, 0.5) is 0 Å². The molecule has 1 fully saturated rings. The number of terminal acetylenes is 1. The number of hydrogen-bond donors (Lipinski definition) is 2. The zero-order chi connectivity index (χ0) is 20.4. The Morgan fingerprint density at radius 3 is 2.29 bits per heavy atom. The van der Waals surface area contributed by atoms with Gasteiger partial charge in [0.2, 0.25) is 0 Å². The van der Waals surface area contributed by atoms with E-state index in [1.54, 1.807) is 24.3 Å². The Morgan fingerprint density at radius 2 is 1.68 bits per heavy atom. The molecule has 4 heteroatoms. The summed E-state index contributed by atoms with van der Waals surface area (Å²) in [6.45, 7) is 8.70. The summed E-state index contributed by atoms with van der Waals surface area (Å²) in [5, 5.41) is 6.82. The summed E-state index contributed by atoms with van der Waals surface area (Å²) in [6.07, 6.45) is 7.30. The average Bonchev–Trinajstić information content (AvgIpc) is 2.60. The summed E-state index contributed by atoms with van der Waals surface area (Å²) < 4.78 is 5.86. The first-order valence-corrected chi connectivity index (χ1v) is 9.61. The van der Waals surface area contributed by atoms with Crippen LogP contribution in [-0.2, 0) is 0 Å². The first-order valence-electron chi connectivity index (χ1n) is 9.61. The summed E-state index contributed by atoms with van der Waals surface area (Å²) in [7, 11) is 0. The van der Waals surface area contributed by atoms with Gasteiger partial charge in [0.15, 0.2) is 0 Å². The third-order valence-corrected chi connectivity index (χ3v) is 4.91.